The summed E-state index contributed by atoms with van der Waals surface area (Å²) in [5.74, 6) is 0.136. The minimum Gasteiger partial charge on any atom is -0.375 e. The van der Waals surface area contributed by atoms with Gasteiger partial charge in [-0.3, -0.25) is 4.79 Å². The molecule has 2 aliphatic heterocycles. The first-order valence-corrected chi connectivity index (χ1v) is 7.01. The molecule has 1 unspecified atom stereocenters. The molecule has 1 fully saturated rings. The molecular formula is C15H20N2O2. The molecule has 1 aromatic rings. The highest BCUT2D eigenvalue weighted by Gasteiger charge is 2.24. The summed E-state index contributed by atoms with van der Waals surface area (Å²) in [6, 6.07) is 6.05. The van der Waals surface area contributed by atoms with Crippen LogP contribution >= 0.6 is 0 Å². The quantitative estimate of drug-likeness (QED) is 0.877. The number of rotatable bonds is 2. The summed E-state index contributed by atoms with van der Waals surface area (Å²) in [6.45, 7) is 5.95. The molecule has 0 aliphatic carbocycles. The zero-order valence-electron chi connectivity index (χ0n) is 11.3. The van der Waals surface area contributed by atoms with Crippen LogP contribution < -0.4 is 5.32 Å². The van der Waals surface area contributed by atoms with Crippen molar-refractivity contribution in [2.45, 2.75) is 32.5 Å². The van der Waals surface area contributed by atoms with Crippen molar-refractivity contribution < 1.29 is 9.53 Å². The molecule has 1 amide bonds. The normalized spacial score (nSPS) is 22.4. The highest BCUT2D eigenvalue weighted by atomic mass is 16.5. The minimum absolute atomic E-state index is 0.136. The number of hydrogen-bond acceptors (Lipinski definition) is 3. The van der Waals surface area contributed by atoms with E-state index in [2.05, 4.69) is 18.3 Å². The number of carbonyl (C=O) groups is 1. The monoisotopic (exact) mass is 260 g/mol. The third-order valence-corrected chi connectivity index (χ3v) is 3.97. The number of ether oxygens (including phenoxy) is 1. The van der Waals surface area contributed by atoms with Gasteiger partial charge in [-0.1, -0.05) is 13.0 Å². The molecule has 0 aromatic heterocycles. The third kappa shape index (κ3) is 2.51. The van der Waals surface area contributed by atoms with Gasteiger partial charge in [-0.25, -0.2) is 0 Å². The van der Waals surface area contributed by atoms with Crippen LogP contribution in [0.3, 0.4) is 0 Å². The van der Waals surface area contributed by atoms with Gasteiger partial charge in [-0.2, -0.15) is 0 Å². The highest BCUT2D eigenvalue weighted by Crippen LogP contribution is 2.19. The number of nitrogens with one attached hydrogen (secondary N) is 1. The lowest BCUT2D eigenvalue weighted by atomic mass is 10.1. The average Bonchev–Trinajstić information content (AvgIpc) is 2.94. The van der Waals surface area contributed by atoms with Gasteiger partial charge in [0.15, 0.2) is 0 Å². The Balaban J connectivity index is 1.76. The Labute approximate surface area is 113 Å². The smallest absolute Gasteiger partial charge is 0.254 e. The second-order valence-electron chi connectivity index (χ2n) is 5.24. The van der Waals surface area contributed by atoms with Crippen LogP contribution in [0.15, 0.2) is 18.2 Å². The summed E-state index contributed by atoms with van der Waals surface area (Å²) in [5, 5.41) is 3.30. The van der Waals surface area contributed by atoms with E-state index >= 15 is 0 Å². The molecule has 0 spiro atoms. The van der Waals surface area contributed by atoms with Crippen molar-refractivity contribution in [1.29, 1.82) is 0 Å². The molecule has 3 rings (SSSR count). The van der Waals surface area contributed by atoms with E-state index in [0.717, 1.165) is 25.1 Å². The first kappa shape index (κ1) is 12.6. The summed E-state index contributed by atoms with van der Waals surface area (Å²) in [7, 11) is 0. The van der Waals surface area contributed by atoms with Crippen LogP contribution in [0.25, 0.3) is 0 Å². The summed E-state index contributed by atoms with van der Waals surface area (Å²) in [5.41, 5.74) is 3.37. The van der Waals surface area contributed by atoms with Gasteiger partial charge in [0, 0.05) is 31.7 Å². The van der Waals surface area contributed by atoms with E-state index in [-0.39, 0.29) is 12.0 Å². The number of nitrogens with zero attached hydrogens (tertiary/aromatic N) is 1. The maximum Gasteiger partial charge on any atom is 0.254 e. The van der Waals surface area contributed by atoms with Gasteiger partial charge in [-0.05, 0) is 29.7 Å². The molecule has 2 heterocycles. The van der Waals surface area contributed by atoms with Crippen molar-refractivity contribution in [2.75, 3.05) is 19.7 Å². The molecule has 0 saturated carbocycles. The molecule has 2 aliphatic rings. The Hall–Kier alpha value is -1.39. The molecule has 0 bridgehead atoms. The van der Waals surface area contributed by atoms with E-state index in [4.69, 9.17) is 4.74 Å². The molecule has 4 nitrogen and oxygen atoms in total. The Kier molecular flexibility index (Phi) is 3.53. The van der Waals surface area contributed by atoms with E-state index in [0.29, 0.717) is 19.7 Å². The molecule has 1 atom stereocenters. The fourth-order valence-electron chi connectivity index (χ4n) is 2.76. The van der Waals surface area contributed by atoms with Crippen LogP contribution in [0.4, 0.5) is 0 Å². The lowest BCUT2D eigenvalue weighted by Gasteiger charge is -2.32. The molecular weight excluding hydrogens is 240 g/mol. The predicted molar refractivity (Wildman–Crippen MR) is 72.9 cm³/mol. The lowest BCUT2D eigenvalue weighted by molar-refractivity contribution is -0.0226. The van der Waals surface area contributed by atoms with Crippen LogP contribution in [0, 0.1) is 0 Å². The van der Waals surface area contributed by atoms with Gasteiger partial charge >= 0.3 is 0 Å². The predicted octanol–water partition coefficient (Wildman–Crippen LogP) is 1.54. The maximum atomic E-state index is 12.5. The molecule has 0 radical (unpaired) electrons. The highest BCUT2D eigenvalue weighted by molar-refractivity contribution is 5.94. The van der Waals surface area contributed by atoms with Crippen LogP contribution in [0.1, 0.15) is 34.8 Å². The van der Waals surface area contributed by atoms with Gasteiger partial charge in [-0.15, -0.1) is 0 Å². The topological polar surface area (TPSA) is 41.6 Å². The first-order chi connectivity index (χ1) is 9.28. The molecule has 1 aromatic carbocycles. The SMILES string of the molecule is CCC1CN(C(=O)c2ccc3c(c2)CNC3)CCO1. The Bertz CT molecular complexity index is 487. The van der Waals surface area contributed by atoms with Crippen LogP contribution in [-0.4, -0.2) is 36.6 Å². The molecule has 1 N–H and O–H groups in total. The van der Waals surface area contributed by atoms with E-state index in [9.17, 15) is 4.79 Å². The number of fused-ring (bicyclic) bond motifs is 1. The van der Waals surface area contributed by atoms with Crippen molar-refractivity contribution in [3.8, 4) is 0 Å². The number of carbonyl (C=O) groups excluding carboxylic acids is 1. The third-order valence-electron chi connectivity index (χ3n) is 3.97. The largest absolute Gasteiger partial charge is 0.375 e. The van der Waals surface area contributed by atoms with Gasteiger partial charge in [0.25, 0.3) is 5.91 Å². The van der Waals surface area contributed by atoms with Gasteiger partial charge in [0.2, 0.25) is 0 Å². The van der Waals surface area contributed by atoms with Gasteiger partial charge in [0.1, 0.15) is 0 Å². The minimum atomic E-state index is 0.136. The summed E-state index contributed by atoms with van der Waals surface area (Å²) in [4.78, 5) is 14.4. The Morgan fingerprint density at radius 1 is 1.42 bits per heavy atom. The number of amides is 1. The average molecular weight is 260 g/mol. The van der Waals surface area contributed by atoms with Crippen LogP contribution in [0.5, 0.6) is 0 Å². The standard InChI is InChI=1S/C15H20N2O2/c1-2-14-10-17(5-6-19-14)15(18)11-3-4-12-8-16-9-13(12)7-11/h3-4,7,14,16H,2,5-6,8-10H2,1H3. The van der Waals surface area contributed by atoms with Crippen molar-refractivity contribution >= 4 is 5.91 Å². The second kappa shape index (κ2) is 5.31. The second-order valence-corrected chi connectivity index (χ2v) is 5.24. The fraction of sp³-hybridized carbons (Fsp3) is 0.533. The number of morpholine rings is 1. The van der Waals surface area contributed by atoms with Gasteiger partial charge in [0.05, 0.1) is 12.7 Å². The fourth-order valence-corrected chi connectivity index (χ4v) is 2.76. The summed E-state index contributed by atoms with van der Waals surface area (Å²) >= 11 is 0. The number of benzene rings is 1. The van der Waals surface area contributed by atoms with Crippen molar-refractivity contribution in [1.82, 2.24) is 10.2 Å². The lowest BCUT2D eigenvalue weighted by Crippen LogP contribution is -2.45. The zero-order valence-corrected chi connectivity index (χ0v) is 11.3. The van der Waals surface area contributed by atoms with Crippen LogP contribution in [-0.2, 0) is 17.8 Å². The van der Waals surface area contributed by atoms with Crippen molar-refractivity contribution in [2.24, 2.45) is 0 Å². The van der Waals surface area contributed by atoms with E-state index in [1.54, 1.807) is 0 Å². The van der Waals surface area contributed by atoms with Crippen molar-refractivity contribution in [3.05, 3.63) is 34.9 Å². The van der Waals surface area contributed by atoms with E-state index < -0.39 is 0 Å². The first-order valence-electron chi connectivity index (χ1n) is 7.01. The summed E-state index contributed by atoms with van der Waals surface area (Å²) < 4.78 is 5.61. The molecule has 19 heavy (non-hydrogen) atoms. The molecule has 102 valence electrons. The Morgan fingerprint density at radius 3 is 3.11 bits per heavy atom. The molecule has 1 saturated heterocycles. The summed E-state index contributed by atoms with van der Waals surface area (Å²) in [6.07, 6.45) is 1.14. The van der Waals surface area contributed by atoms with E-state index in [1.165, 1.54) is 11.1 Å². The maximum absolute atomic E-state index is 12.5. The van der Waals surface area contributed by atoms with Gasteiger partial charge < -0.3 is 15.0 Å². The van der Waals surface area contributed by atoms with Crippen LogP contribution in [0.2, 0.25) is 0 Å². The Morgan fingerprint density at radius 2 is 2.26 bits per heavy atom. The molecule has 4 heteroatoms. The number of hydrogen-bond donors (Lipinski definition) is 1. The zero-order chi connectivity index (χ0) is 13.2. The van der Waals surface area contributed by atoms with E-state index in [1.807, 2.05) is 17.0 Å². The van der Waals surface area contributed by atoms with Crippen molar-refractivity contribution in [3.63, 3.8) is 0 Å².